The Balaban J connectivity index is 2.06. The van der Waals surface area contributed by atoms with Crippen molar-refractivity contribution in [3.63, 3.8) is 0 Å². The topological polar surface area (TPSA) is 53.5 Å². The predicted octanol–water partition coefficient (Wildman–Crippen LogP) is -1.14. The molecule has 0 bridgehead atoms. The fourth-order valence-electron chi connectivity index (χ4n) is 0.917. The first-order chi connectivity index (χ1) is 4.83. The Kier molecular flexibility index (Phi) is 3.08. The minimum absolute atomic E-state index is 0.0675. The van der Waals surface area contributed by atoms with Crippen molar-refractivity contribution in [1.29, 1.82) is 0 Å². The largest absolute Gasteiger partial charge is 0.395 e. The van der Waals surface area contributed by atoms with Crippen LogP contribution >= 0.6 is 0 Å². The average Bonchev–Trinajstić information content (AvgIpc) is 2.31. The van der Waals surface area contributed by atoms with Gasteiger partial charge in [0.05, 0.1) is 12.7 Å². The maximum atomic E-state index is 8.45. The van der Waals surface area contributed by atoms with Crippen LogP contribution in [0.15, 0.2) is 0 Å². The highest BCUT2D eigenvalue weighted by atomic mass is 16.5. The molecule has 1 saturated heterocycles. The van der Waals surface area contributed by atoms with E-state index in [-0.39, 0.29) is 19.1 Å². The summed E-state index contributed by atoms with van der Waals surface area (Å²) in [6, 6.07) is 0. The van der Waals surface area contributed by atoms with Crippen molar-refractivity contribution in [1.82, 2.24) is 10.6 Å². The zero-order valence-electron chi connectivity index (χ0n) is 6.13. The molecule has 0 aromatic carbocycles. The molecule has 4 nitrogen and oxygen atoms in total. The highest BCUT2D eigenvalue weighted by Crippen LogP contribution is 1.99. The molecule has 0 radical (unpaired) electrons. The Hall–Kier alpha value is -0.160. The molecule has 0 aliphatic carbocycles. The quantitative estimate of drug-likeness (QED) is 0.471. The van der Waals surface area contributed by atoms with Gasteiger partial charge in [0.1, 0.15) is 0 Å². The fourth-order valence-corrected chi connectivity index (χ4v) is 0.917. The first-order valence-corrected chi connectivity index (χ1v) is 3.56. The molecule has 1 fully saturated rings. The maximum Gasteiger partial charge on any atom is 0.164 e. The summed E-state index contributed by atoms with van der Waals surface area (Å²) in [5, 5.41) is 14.5. The van der Waals surface area contributed by atoms with Crippen LogP contribution in [0.1, 0.15) is 6.92 Å². The van der Waals surface area contributed by atoms with E-state index in [0.717, 1.165) is 6.54 Å². The zero-order valence-corrected chi connectivity index (χ0v) is 6.13. The van der Waals surface area contributed by atoms with Crippen LogP contribution in [0.5, 0.6) is 0 Å². The summed E-state index contributed by atoms with van der Waals surface area (Å²) in [4.78, 5) is 0. The number of hydrogen-bond acceptors (Lipinski definition) is 4. The SMILES string of the molecule is CC1CNC(NCCO)O1. The molecule has 3 N–H and O–H groups in total. The Bertz CT molecular complexity index is 99.7. The maximum absolute atomic E-state index is 8.45. The highest BCUT2D eigenvalue weighted by molar-refractivity contribution is 4.67. The second kappa shape index (κ2) is 3.88. The van der Waals surface area contributed by atoms with Gasteiger partial charge in [0.2, 0.25) is 0 Å². The van der Waals surface area contributed by atoms with E-state index in [1.165, 1.54) is 0 Å². The summed E-state index contributed by atoms with van der Waals surface area (Å²) in [7, 11) is 0. The van der Waals surface area contributed by atoms with Gasteiger partial charge in [-0.25, -0.2) is 0 Å². The number of hydrogen-bond donors (Lipinski definition) is 3. The molecule has 4 heteroatoms. The van der Waals surface area contributed by atoms with E-state index < -0.39 is 0 Å². The summed E-state index contributed by atoms with van der Waals surface area (Å²) in [6.07, 6.45) is 0.207. The number of aliphatic hydroxyl groups excluding tert-OH is 1. The smallest absolute Gasteiger partial charge is 0.164 e. The van der Waals surface area contributed by atoms with Gasteiger partial charge in [-0.15, -0.1) is 0 Å². The molecule has 0 saturated carbocycles. The van der Waals surface area contributed by atoms with Crippen molar-refractivity contribution in [2.45, 2.75) is 19.4 Å². The molecule has 0 amide bonds. The molecule has 0 aromatic rings. The molecular formula is C6H14N2O2. The molecular weight excluding hydrogens is 132 g/mol. The second-order valence-corrected chi connectivity index (χ2v) is 2.41. The molecule has 10 heavy (non-hydrogen) atoms. The Labute approximate surface area is 60.6 Å². The van der Waals surface area contributed by atoms with E-state index in [0.29, 0.717) is 6.54 Å². The lowest BCUT2D eigenvalue weighted by molar-refractivity contribution is 0.0270. The standard InChI is InChI=1S/C6H14N2O2/c1-5-4-8-6(10-5)7-2-3-9/h5-9H,2-4H2,1H3. The second-order valence-electron chi connectivity index (χ2n) is 2.41. The summed E-state index contributed by atoms with van der Waals surface area (Å²) < 4.78 is 5.33. The van der Waals surface area contributed by atoms with Crippen molar-refractivity contribution >= 4 is 0 Å². The van der Waals surface area contributed by atoms with Crippen LogP contribution in [0.3, 0.4) is 0 Å². The van der Waals surface area contributed by atoms with Crippen LogP contribution < -0.4 is 10.6 Å². The molecule has 1 rings (SSSR count). The third-order valence-electron chi connectivity index (χ3n) is 1.40. The van der Waals surface area contributed by atoms with Crippen molar-refractivity contribution in [3.8, 4) is 0 Å². The third kappa shape index (κ3) is 2.22. The van der Waals surface area contributed by atoms with Crippen LogP contribution in [0.25, 0.3) is 0 Å². The molecule has 0 aromatic heterocycles. The van der Waals surface area contributed by atoms with Crippen LogP contribution in [-0.2, 0) is 4.74 Å². The van der Waals surface area contributed by atoms with Crippen LogP contribution in [-0.4, -0.2) is 37.3 Å². The molecule has 1 heterocycles. The van der Waals surface area contributed by atoms with E-state index in [1.54, 1.807) is 0 Å². The molecule has 2 atom stereocenters. The Morgan fingerprint density at radius 2 is 2.60 bits per heavy atom. The predicted molar refractivity (Wildman–Crippen MR) is 37.4 cm³/mol. The monoisotopic (exact) mass is 146 g/mol. The molecule has 1 aliphatic heterocycles. The summed E-state index contributed by atoms with van der Waals surface area (Å²) in [5.41, 5.74) is 0. The summed E-state index contributed by atoms with van der Waals surface area (Å²) in [5.74, 6) is 0. The van der Waals surface area contributed by atoms with Gasteiger partial charge in [0, 0.05) is 13.1 Å². The summed E-state index contributed by atoms with van der Waals surface area (Å²) >= 11 is 0. The fraction of sp³-hybridized carbons (Fsp3) is 1.00. The van der Waals surface area contributed by atoms with E-state index in [4.69, 9.17) is 9.84 Å². The Morgan fingerprint density at radius 1 is 1.80 bits per heavy atom. The number of aliphatic hydroxyl groups is 1. The van der Waals surface area contributed by atoms with Crippen molar-refractivity contribution < 1.29 is 9.84 Å². The van der Waals surface area contributed by atoms with Gasteiger partial charge >= 0.3 is 0 Å². The van der Waals surface area contributed by atoms with Gasteiger partial charge in [-0.3, -0.25) is 10.6 Å². The van der Waals surface area contributed by atoms with Crippen LogP contribution in [0.2, 0.25) is 0 Å². The zero-order chi connectivity index (χ0) is 7.40. The van der Waals surface area contributed by atoms with Gasteiger partial charge in [-0.05, 0) is 6.92 Å². The molecule has 2 unspecified atom stereocenters. The van der Waals surface area contributed by atoms with E-state index in [9.17, 15) is 0 Å². The first-order valence-electron chi connectivity index (χ1n) is 3.56. The Morgan fingerprint density at radius 3 is 3.10 bits per heavy atom. The van der Waals surface area contributed by atoms with Gasteiger partial charge in [-0.1, -0.05) is 0 Å². The normalized spacial score (nSPS) is 33.0. The highest BCUT2D eigenvalue weighted by Gasteiger charge is 2.19. The van der Waals surface area contributed by atoms with Gasteiger partial charge in [-0.2, -0.15) is 0 Å². The van der Waals surface area contributed by atoms with Crippen LogP contribution in [0, 0.1) is 0 Å². The minimum Gasteiger partial charge on any atom is -0.395 e. The van der Waals surface area contributed by atoms with Gasteiger partial charge in [0.25, 0.3) is 0 Å². The lowest BCUT2D eigenvalue weighted by Crippen LogP contribution is -2.39. The van der Waals surface area contributed by atoms with Crippen molar-refractivity contribution in [3.05, 3.63) is 0 Å². The number of rotatable bonds is 3. The molecule has 0 spiro atoms. The minimum atomic E-state index is -0.0675. The third-order valence-corrected chi connectivity index (χ3v) is 1.40. The van der Waals surface area contributed by atoms with Crippen molar-refractivity contribution in [2.24, 2.45) is 0 Å². The van der Waals surface area contributed by atoms with E-state index >= 15 is 0 Å². The molecule has 1 aliphatic rings. The average molecular weight is 146 g/mol. The number of nitrogens with one attached hydrogen (secondary N) is 2. The first kappa shape index (κ1) is 7.94. The lowest BCUT2D eigenvalue weighted by Gasteiger charge is -2.10. The number of ether oxygens (including phenoxy) is 1. The lowest BCUT2D eigenvalue weighted by atomic mass is 10.4. The van der Waals surface area contributed by atoms with Crippen LogP contribution in [0.4, 0.5) is 0 Å². The summed E-state index contributed by atoms with van der Waals surface area (Å²) in [6.45, 7) is 3.61. The van der Waals surface area contributed by atoms with E-state index in [1.807, 2.05) is 6.92 Å². The van der Waals surface area contributed by atoms with Gasteiger partial charge < -0.3 is 9.84 Å². The molecule has 60 valence electrons. The van der Waals surface area contributed by atoms with Crippen molar-refractivity contribution in [2.75, 3.05) is 19.7 Å². The van der Waals surface area contributed by atoms with E-state index in [2.05, 4.69) is 10.6 Å². The van der Waals surface area contributed by atoms with Gasteiger partial charge in [0.15, 0.2) is 6.35 Å².